The van der Waals surface area contributed by atoms with Crippen LogP contribution < -0.4 is 19.1 Å². The predicted molar refractivity (Wildman–Crippen MR) is 187 cm³/mol. The summed E-state index contributed by atoms with van der Waals surface area (Å²) in [4.78, 5) is 30.0. The van der Waals surface area contributed by atoms with E-state index in [2.05, 4.69) is 5.32 Å². The number of benzene rings is 4. The van der Waals surface area contributed by atoms with Crippen LogP contribution in [-0.4, -0.2) is 57.5 Å². The molecule has 1 aliphatic rings. The van der Waals surface area contributed by atoms with Gasteiger partial charge in [0.1, 0.15) is 25.8 Å². The van der Waals surface area contributed by atoms with Crippen LogP contribution in [0.3, 0.4) is 0 Å². The number of nitrogens with one attached hydrogen (secondary N) is 1. The Kier molecular flexibility index (Phi) is 11.9. The van der Waals surface area contributed by atoms with Gasteiger partial charge in [-0.2, -0.15) is 0 Å². The lowest BCUT2D eigenvalue weighted by molar-refractivity contribution is -0.140. The minimum atomic E-state index is -4.28. The molecule has 1 aliphatic heterocycles. The van der Waals surface area contributed by atoms with E-state index in [0.717, 1.165) is 22.7 Å². The second kappa shape index (κ2) is 16.2. The summed E-state index contributed by atoms with van der Waals surface area (Å²) >= 11 is 13.2. The number of hydrogen-bond donors (Lipinski definition) is 1. The number of anilines is 1. The first-order valence-corrected chi connectivity index (χ1v) is 17.9. The predicted octanol–water partition coefficient (Wildman–Crippen LogP) is 6.52. The first kappa shape index (κ1) is 35.1. The molecule has 1 unspecified atom stereocenters. The molecule has 1 atom stereocenters. The average molecular weight is 711 g/mol. The molecule has 4 aromatic rings. The summed E-state index contributed by atoms with van der Waals surface area (Å²) in [5, 5.41) is 3.59. The molecular formula is C36H37Cl2N3O6S. The summed E-state index contributed by atoms with van der Waals surface area (Å²) in [6.45, 7) is 2.31. The number of nitrogens with zero attached hydrogens (tertiary/aromatic N) is 2. The lowest BCUT2D eigenvalue weighted by atomic mass is 10.0. The van der Waals surface area contributed by atoms with Crippen LogP contribution in [0.4, 0.5) is 5.69 Å². The number of rotatable bonds is 14. The molecule has 12 heteroatoms. The zero-order valence-electron chi connectivity index (χ0n) is 26.5. The van der Waals surface area contributed by atoms with E-state index in [9.17, 15) is 18.0 Å². The highest BCUT2D eigenvalue weighted by molar-refractivity contribution is 7.92. The molecule has 0 aromatic heterocycles. The summed E-state index contributed by atoms with van der Waals surface area (Å²) < 4.78 is 40.9. The van der Waals surface area contributed by atoms with Crippen molar-refractivity contribution in [2.45, 2.75) is 43.7 Å². The van der Waals surface area contributed by atoms with E-state index in [1.54, 1.807) is 48.5 Å². The van der Waals surface area contributed by atoms with Crippen LogP contribution >= 0.6 is 23.2 Å². The number of fused-ring (bicyclic) bond motifs is 1. The molecule has 0 saturated heterocycles. The Morgan fingerprint density at radius 1 is 0.854 bits per heavy atom. The van der Waals surface area contributed by atoms with Crippen LogP contribution in [0.1, 0.15) is 30.9 Å². The second-order valence-corrected chi connectivity index (χ2v) is 13.9. The molecule has 5 rings (SSSR count). The topological polar surface area (TPSA) is 105 Å². The number of carbonyl (C=O) groups is 2. The maximum Gasteiger partial charge on any atom is 0.264 e. The highest BCUT2D eigenvalue weighted by Crippen LogP contribution is 2.36. The molecule has 4 aromatic carbocycles. The smallest absolute Gasteiger partial charge is 0.264 e. The summed E-state index contributed by atoms with van der Waals surface area (Å²) in [6.07, 6.45) is 1.78. The normalized spacial score (nSPS) is 13.0. The second-order valence-electron chi connectivity index (χ2n) is 11.2. The Balaban J connectivity index is 1.60. The van der Waals surface area contributed by atoms with Gasteiger partial charge in [-0.05, 0) is 48.4 Å². The Labute approximate surface area is 291 Å². The molecule has 0 spiro atoms. The van der Waals surface area contributed by atoms with Gasteiger partial charge >= 0.3 is 0 Å². The fourth-order valence-corrected chi connectivity index (χ4v) is 7.29. The van der Waals surface area contributed by atoms with Crippen molar-refractivity contribution in [1.29, 1.82) is 0 Å². The molecule has 0 bridgehead atoms. The van der Waals surface area contributed by atoms with Gasteiger partial charge in [-0.3, -0.25) is 13.9 Å². The van der Waals surface area contributed by atoms with Gasteiger partial charge < -0.3 is 19.7 Å². The minimum absolute atomic E-state index is 0.00784. The third-order valence-corrected chi connectivity index (χ3v) is 10.4. The molecule has 48 heavy (non-hydrogen) atoms. The van der Waals surface area contributed by atoms with Crippen molar-refractivity contribution >= 4 is 50.7 Å². The van der Waals surface area contributed by atoms with Crippen molar-refractivity contribution in [3.63, 3.8) is 0 Å². The summed E-state index contributed by atoms with van der Waals surface area (Å²) in [5.41, 5.74) is 1.45. The van der Waals surface area contributed by atoms with Crippen molar-refractivity contribution < 1.29 is 27.5 Å². The van der Waals surface area contributed by atoms with Crippen LogP contribution in [0.15, 0.2) is 102 Å². The van der Waals surface area contributed by atoms with Crippen molar-refractivity contribution in [2.24, 2.45) is 0 Å². The van der Waals surface area contributed by atoms with Gasteiger partial charge in [0, 0.05) is 41.2 Å². The summed E-state index contributed by atoms with van der Waals surface area (Å²) in [6, 6.07) is 25.9. The molecule has 0 radical (unpaired) electrons. The molecule has 1 N–H and O–H groups in total. The van der Waals surface area contributed by atoms with E-state index in [1.165, 1.54) is 23.1 Å². The van der Waals surface area contributed by atoms with Crippen LogP contribution in [0.2, 0.25) is 10.0 Å². The molecule has 252 valence electrons. The van der Waals surface area contributed by atoms with E-state index in [0.29, 0.717) is 46.9 Å². The minimum Gasteiger partial charge on any atom is -0.486 e. The summed E-state index contributed by atoms with van der Waals surface area (Å²) in [7, 11) is -4.28. The maximum atomic E-state index is 14.7. The van der Waals surface area contributed by atoms with E-state index < -0.39 is 28.5 Å². The van der Waals surface area contributed by atoms with Gasteiger partial charge in [-0.25, -0.2) is 8.42 Å². The van der Waals surface area contributed by atoms with Crippen molar-refractivity contribution in [3.05, 3.63) is 118 Å². The average Bonchev–Trinajstić information content (AvgIpc) is 3.10. The number of carbonyl (C=O) groups excluding carboxylic acids is 2. The molecule has 1 heterocycles. The van der Waals surface area contributed by atoms with Crippen molar-refractivity contribution in [2.75, 3.05) is 30.6 Å². The SMILES string of the molecule is CCCCNC(=O)C(Cc1ccccc1)N(Cc1c(Cl)cccc1Cl)C(=O)CN(c1ccc2c(c1)OCCO2)S(=O)(=O)c1ccccc1. The van der Waals surface area contributed by atoms with Crippen LogP contribution in [0.25, 0.3) is 0 Å². The number of unbranched alkanes of at least 4 members (excludes halogenated alkanes) is 1. The number of hydrogen-bond acceptors (Lipinski definition) is 6. The van der Waals surface area contributed by atoms with Crippen LogP contribution in [0, 0.1) is 0 Å². The largest absolute Gasteiger partial charge is 0.486 e. The van der Waals surface area contributed by atoms with Crippen LogP contribution in [-0.2, 0) is 32.6 Å². The third-order valence-electron chi connectivity index (χ3n) is 7.91. The highest BCUT2D eigenvalue weighted by Gasteiger charge is 2.35. The van der Waals surface area contributed by atoms with E-state index in [-0.39, 0.29) is 29.5 Å². The Hall–Kier alpha value is -4.25. The molecule has 9 nitrogen and oxygen atoms in total. The molecule has 0 aliphatic carbocycles. The van der Waals surface area contributed by atoms with Crippen LogP contribution in [0.5, 0.6) is 11.5 Å². The summed E-state index contributed by atoms with van der Waals surface area (Å²) in [5.74, 6) is -0.181. The third kappa shape index (κ3) is 8.42. The number of ether oxygens (including phenoxy) is 2. The zero-order valence-corrected chi connectivity index (χ0v) is 28.8. The van der Waals surface area contributed by atoms with Gasteiger partial charge in [-0.15, -0.1) is 0 Å². The number of sulfonamides is 1. The van der Waals surface area contributed by atoms with E-state index in [4.69, 9.17) is 32.7 Å². The van der Waals surface area contributed by atoms with E-state index in [1.807, 2.05) is 37.3 Å². The lowest BCUT2D eigenvalue weighted by Gasteiger charge is -2.34. The van der Waals surface area contributed by atoms with Gasteiger partial charge in [0.2, 0.25) is 11.8 Å². The standard InChI is InChI=1S/C36H37Cl2N3O6S/c1-2-3-19-39-36(43)32(22-26-11-6-4-7-12-26)40(24-29-30(37)15-10-16-31(29)38)35(42)25-41(48(44,45)28-13-8-5-9-14-28)27-17-18-33-34(23-27)47-21-20-46-33/h4-18,23,32H,2-3,19-22,24-25H2,1H3,(H,39,43). The first-order chi connectivity index (χ1) is 23.2. The van der Waals surface area contributed by atoms with Gasteiger partial charge in [0.25, 0.3) is 10.0 Å². The fourth-order valence-electron chi connectivity index (χ4n) is 5.35. The molecule has 0 saturated carbocycles. The Morgan fingerprint density at radius 3 is 2.17 bits per heavy atom. The van der Waals surface area contributed by atoms with Crippen molar-refractivity contribution in [3.8, 4) is 11.5 Å². The van der Waals surface area contributed by atoms with E-state index >= 15 is 0 Å². The lowest BCUT2D eigenvalue weighted by Crippen LogP contribution is -2.53. The Bertz CT molecular complexity index is 1810. The van der Waals surface area contributed by atoms with Gasteiger partial charge in [0.15, 0.2) is 11.5 Å². The monoisotopic (exact) mass is 709 g/mol. The molecule has 2 amide bonds. The molecular weight excluding hydrogens is 673 g/mol. The zero-order chi connectivity index (χ0) is 34.1. The molecule has 0 fully saturated rings. The number of halogens is 2. The van der Waals surface area contributed by atoms with Gasteiger partial charge in [0.05, 0.1) is 10.6 Å². The van der Waals surface area contributed by atoms with Crippen molar-refractivity contribution in [1.82, 2.24) is 10.2 Å². The Morgan fingerprint density at radius 2 is 1.50 bits per heavy atom. The fraction of sp³-hybridized carbons (Fsp3) is 0.278. The number of amides is 2. The van der Waals surface area contributed by atoms with Gasteiger partial charge in [-0.1, -0.05) is 91.1 Å². The first-order valence-electron chi connectivity index (χ1n) is 15.7. The maximum absolute atomic E-state index is 14.7. The highest BCUT2D eigenvalue weighted by atomic mass is 35.5. The quantitative estimate of drug-likeness (QED) is 0.150.